The molecule has 2 rings (SSSR count). The Hall–Kier alpha value is -1.48. The topological polar surface area (TPSA) is 84.2 Å². The van der Waals surface area contributed by atoms with Gasteiger partial charge in [-0.1, -0.05) is 29.8 Å². The third kappa shape index (κ3) is 3.41. The molecular weight excluding hydrogens is 321 g/mol. The Morgan fingerprint density at radius 2 is 2.14 bits per heavy atom. The van der Waals surface area contributed by atoms with Crippen LogP contribution >= 0.6 is 11.6 Å². The quantitative estimate of drug-likeness (QED) is 0.861. The van der Waals surface area contributed by atoms with Crippen molar-refractivity contribution >= 4 is 21.6 Å². The Balaban J connectivity index is 2.12. The Labute approximate surface area is 126 Å². The van der Waals surface area contributed by atoms with Gasteiger partial charge in [-0.2, -0.15) is 0 Å². The lowest BCUT2D eigenvalue weighted by molar-refractivity contribution is 0.177. The van der Waals surface area contributed by atoms with Crippen LogP contribution < -0.4 is 4.72 Å². The number of aliphatic hydroxyl groups is 1. The number of halogens is 2. The zero-order valence-corrected chi connectivity index (χ0v) is 12.6. The molecule has 1 heterocycles. The van der Waals surface area contributed by atoms with Gasteiger partial charge in [0.1, 0.15) is 11.0 Å². The summed E-state index contributed by atoms with van der Waals surface area (Å²) < 4.78 is 41.0. The second kappa shape index (κ2) is 6.10. The molecule has 1 aromatic carbocycles. The molecule has 0 fully saturated rings. The van der Waals surface area contributed by atoms with Gasteiger partial charge in [0.15, 0.2) is 0 Å². The van der Waals surface area contributed by atoms with Gasteiger partial charge in [-0.15, -0.1) is 0 Å². The average molecular weight is 334 g/mol. The molecule has 0 bridgehead atoms. The molecule has 114 valence electrons. The molecule has 2 N–H and O–H groups in total. The van der Waals surface area contributed by atoms with Gasteiger partial charge in [0.05, 0.1) is 12.4 Å². The van der Waals surface area contributed by atoms with Crippen molar-refractivity contribution in [1.29, 1.82) is 0 Å². The minimum Gasteiger partial charge on any atom is -0.387 e. The van der Waals surface area contributed by atoms with Gasteiger partial charge in [-0.25, -0.2) is 22.5 Å². The van der Waals surface area contributed by atoms with Crippen molar-refractivity contribution in [1.82, 2.24) is 14.3 Å². The second-order valence-electron chi connectivity index (χ2n) is 4.34. The molecule has 0 aliphatic heterocycles. The van der Waals surface area contributed by atoms with Gasteiger partial charge >= 0.3 is 0 Å². The van der Waals surface area contributed by atoms with E-state index in [-0.39, 0.29) is 15.7 Å². The third-order valence-electron chi connectivity index (χ3n) is 2.82. The molecule has 1 unspecified atom stereocenters. The van der Waals surface area contributed by atoms with Crippen LogP contribution in [0.3, 0.4) is 0 Å². The predicted octanol–water partition coefficient (Wildman–Crippen LogP) is 1.22. The summed E-state index contributed by atoms with van der Waals surface area (Å²) in [5, 5.41) is 9.47. The lowest BCUT2D eigenvalue weighted by Crippen LogP contribution is -2.29. The molecule has 21 heavy (non-hydrogen) atoms. The van der Waals surface area contributed by atoms with Gasteiger partial charge in [-0.05, 0) is 6.07 Å². The molecule has 0 saturated heterocycles. The summed E-state index contributed by atoms with van der Waals surface area (Å²) in [5.74, 6) is -0.611. The Morgan fingerprint density at radius 1 is 1.48 bits per heavy atom. The first kappa shape index (κ1) is 15.9. The average Bonchev–Trinajstić information content (AvgIpc) is 2.78. The van der Waals surface area contributed by atoms with E-state index in [0.717, 1.165) is 0 Å². The van der Waals surface area contributed by atoms with Crippen molar-refractivity contribution in [2.45, 2.75) is 11.1 Å². The molecule has 0 aliphatic rings. The number of aryl methyl sites for hydroxylation is 1. The maximum absolute atomic E-state index is 13.5. The van der Waals surface area contributed by atoms with Crippen molar-refractivity contribution < 1.29 is 17.9 Å². The highest BCUT2D eigenvalue weighted by Gasteiger charge is 2.23. The number of nitrogens with zero attached hydrogens (tertiary/aromatic N) is 2. The fraction of sp³-hybridized carbons (Fsp3) is 0.250. The highest BCUT2D eigenvalue weighted by atomic mass is 35.5. The van der Waals surface area contributed by atoms with Crippen LogP contribution in [0.15, 0.2) is 35.6 Å². The van der Waals surface area contributed by atoms with E-state index in [9.17, 15) is 17.9 Å². The van der Waals surface area contributed by atoms with Gasteiger partial charge < -0.3 is 9.67 Å². The second-order valence-corrected chi connectivity index (χ2v) is 6.38. The number of rotatable bonds is 5. The van der Waals surface area contributed by atoms with Crippen LogP contribution in [0.25, 0.3) is 0 Å². The van der Waals surface area contributed by atoms with Crippen LogP contribution in [-0.4, -0.2) is 29.6 Å². The van der Waals surface area contributed by atoms with Crippen LogP contribution in [0, 0.1) is 5.82 Å². The summed E-state index contributed by atoms with van der Waals surface area (Å²) in [7, 11) is -2.44. The Morgan fingerprint density at radius 3 is 2.71 bits per heavy atom. The first-order valence-electron chi connectivity index (χ1n) is 5.92. The summed E-state index contributed by atoms with van der Waals surface area (Å²) >= 11 is 5.81. The van der Waals surface area contributed by atoms with E-state index in [2.05, 4.69) is 9.71 Å². The van der Waals surface area contributed by atoms with Gasteiger partial charge in [-0.3, -0.25) is 0 Å². The summed E-state index contributed by atoms with van der Waals surface area (Å²) in [5.41, 5.74) is 0.00678. The number of aliphatic hydroxyl groups excluding tert-OH is 1. The van der Waals surface area contributed by atoms with Gasteiger partial charge in [0, 0.05) is 19.2 Å². The lowest BCUT2D eigenvalue weighted by Gasteiger charge is -2.12. The third-order valence-corrected chi connectivity index (χ3v) is 4.73. The largest absolute Gasteiger partial charge is 0.387 e. The van der Waals surface area contributed by atoms with Crippen molar-refractivity contribution in [2.75, 3.05) is 6.54 Å². The molecule has 1 aromatic heterocycles. The summed E-state index contributed by atoms with van der Waals surface area (Å²) in [6, 6.07) is 5.58. The predicted molar refractivity (Wildman–Crippen MR) is 74.8 cm³/mol. The minimum absolute atomic E-state index is 0.00678. The van der Waals surface area contributed by atoms with Crippen LogP contribution in [0.4, 0.5) is 4.39 Å². The summed E-state index contributed by atoms with van der Waals surface area (Å²) in [6.45, 7) is -0.393. The van der Waals surface area contributed by atoms with Crippen molar-refractivity contribution in [2.24, 2.45) is 7.05 Å². The number of hydrogen-bond acceptors (Lipinski definition) is 4. The first-order chi connectivity index (χ1) is 9.83. The van der Waals surface area contributed by atoms with E-state index in [1.807, 2.05) is 0 Å². The summed E-state index contributed by atoms with van der Waals surface area (Å²) in [6.07, 6.45) is -0.0621. The molecule has 6 nitrogen and oxygen atoms in total. The molecule has 9 heteroatoms. The van der Waals surface area contributed by atoms with Crippen LogP contribution in [0.2, 0.25) is 5.15 Å². The maximum atomic E-state index is 13.5. The molecular formula is C12H13ClFN3O3S. The maximum Gasteiger partial charge on any atom is 0.261 e. The van der Waals surface area contributed by atoms with E-state index >= 15 is 0 Å². The number of nitrogens with one attached hydrogen (secondary N) is 1. The minimum atomic E-state index is -3.98. The highest BCUT2D eigenvalue weighted by molar-refractivity contribution is 7.89. The number of benzene rings is 1. The highest BCUT2D eigenvalue weighted by Crippen LogP contribution is 2.20. The number of sulfonamides is 1. The van der Waals surface area contributed by atoms with Gasteiger partial charge in [0.2, 0.25) is 5.03 Å². The van der Waals surface area contributed by atoms with E-state index in [1.165, 1.54) is 29.1 Å². The Bertz CT molecular complexity index is 748. The lowest BCUT2D eigenvalue weighted by atomic mass is 10.1. The number of imidazole rings is 1. The molecule has 0 spiro atoms. The van der Waals surface area contributed by atoms with Crippen molar-refractivity contribution in [3.63, 3.8) is 0 Å². The zero-order chi connectivity index (χ0) is 15.6. The SMILES string of the molecule is Cn1cnc(S(=O)(=O)NCC(O)c2ccccc2F)c1Cl. The van der Waals surface area contributed by atoms with Crippen LogP contribution in [0.5, 0.6) is 0 Å². The van der Waals surface area contributed by atoms with E-state index < -0.39 is 28.5 Å². The molecule has 1 atom stereocenters. The van der Waals surface area contributed by atoms with Gasteiger partial charge in [0.25, 0.3) is 10.0 Å². The molecule has 0 saturated carbocycles. The number of hydrogen-bond donors (Lipinski definition) is 2. The molecule has 0 amide bonds. The summed E-state index contributed by atoms with van der Waals surface area (Å²) in [4.78, 5) is 3.68. The van der Waals surface area contributed by atoms with Crippen LogP contribution in [-0.2, 0) is 17.1 Å². The van der Waals surface area contributed by atoms with Crippen molar-refractivity contribution in [3.05, 3.63) is 47.1 Å². The van der Waals surface area contributed by atoms with Crippen LogP contribution in [0.1, 0.15) is 11.7 Å². The smallest absolute Gasteiger partial charge is 0.261 e. The fourth-order valence-corrected chi connectivity index (χ4v) is 3.15. The zero-order valence-electron chi connectivity index (χ0n) is 11.0. The molecule has 0 aliphatic carbocycles. The van der Waals surface area contributed by atoms with E-state index in [4.69, 9.17) is 11.6 Å². The normalized spacial score (nSPS) is 13.3. The monoisotopic (exact) mass is 333 g/mol. The standard InChI is InChI=1S/C12H13ClFN3O3S/c1-17-7-15-12(11(17)13)21(19,20)16-6-10(18)8-4-2-3-5-9(8)14/h2-5,7,10,16,18H,6H2,1H3. The molecule has 2 aromatic rings. The fourth-order valence-electron chi connectivity index (χ4n) is 1.69. The van der Waals surface area contributed by atoms with E-state index in [0.29, 0.717) is 0 Å². The Kier molecular flexibility index (Phi) is 4.62. The first-order valence-corrected chi connectivity index (χ1v) is 7.78. The molecule has 0 radical (unpaired) electrons. The van der Waals surface area contributed by atoms with Crippen molar-refractivity contribution in [3.8, 4) is 0 Å². The van der Waals surface area contributed by atoms with E-state index in [1.54, 1.807) is 13.1 Å². The number of aromatic nitrogens is 2.